The minimum Gasteiger partial charge on any atom is -0.491 e. The lowest BCUT2D eigenvalue weighted by Gasteiger charge is -2.13. The Morgan fingerprint density at radius 1 is 1.04 bits per heavy atom. The highest BCUT2D eigenvalue weighted by atomic mass is 35.5. The number of aryl methyl sites for hydroxylation is 1. The molecule has 0 fully saturated rings. The van der Waals surface area contributed by atoms with Crippen LogP contribution < -0.4 is 14.8 Å². The smallest absolute Gasteiger partial charge is 0.179 e. The Labute approximate surface area is 149 Å². The molecule has 0 aromatic heterocycles. The van der Waals surface area contributed by atoms with Gasteiger partial charge in [0.2, 0.25) is 0 Å². The zero-order valence-corrected chi connectivity index (χ0v) is 15.3. The summed E-state index contributed by atoms with van der Waals surface area (Å²) in [5.41, 5.74) is 3.60. The van der Waals surface area contributed by atoms with Crippen molar-refractivity contribution in [1.29, 1.82) is 0 Å². The van der Waals surface area contributed by atoms with Gasteiger partial charge in [-0.25, -0.2) is 0 Å². The molecule has 0 unspecified atom stereocenters. The number of methoxy groups -OCH3 is 1. The first-order valence-electron chi connectivity index (χ1n) is 7.39. The Morgan fingerprint density at radius 3 is 2.30 bits per heavy atom. The van der Waals surface area contributed by atoms with Gasteiger partial charge in [-0.2, -0.15) is 0 Å². The Bertz CT molecular complexity index is 615. The quantitative estimate of drug-likeness (QED) is 0.775. The summed E-state index contributed by atoms with van der Waals surface area (Å²) in [5, 5.41) is 3.99. The fourth-order valence-corrected chi connectivity index (χ4v) is 2.55. The molecule has 2 rings (SSSR count). The van der Waals surface area contributed by atoms with E-state index in [-0.39, 0.29) is 12.4 Å². The molecule has 0 saturated carbocycles. The zero-order chi connectivity index (χ0) is 15.9. The highest BCUT2D eigenvalue weighted by molar-refractivity contribution is 6.32. The van der Waals surface area contributed by atoms with E-state index >= 15 is 0 Å². The second kappa shape index (κ2) is 9.66. The van der Waals surface area contributed by atoms with Crippen LogP contribution in [0.15, 0.2) is 36.4 Å². The predicted octanol–water partition coefficient (Wildman–Crippen LogP) is 4.77. The molecule has 0 heterocycles. The summed E-state index contributed by atoms with van der Waals surface area (Å²) >= 11 is 6.25. The van der Waals surface area contributed by atoms with Crippen molar-refractivity contribution < 1.29 is 9.47 Å². The third-order valence-electron chi connectivity index (χ3n) is 3.35. The van der Waals surface area contributed by atoms with Gasteiger partial charge in [-0.15, -0.1) is 12.4 Å². The van der Waals surface area contributed by atoms with E-state index in [1.807, 2.05) is 19.1 Å². The van der Waals surface area contributed by atoms with Gasteiger partial charge in [-0.05, 0) is 37.1 Å². The summed E-state index contributed by atoms with van der Waals surface area (Å²) in [4.78, 5) is 0. The second-order valence-corrected chi connectivity index (χ2v) is 5.54. The Kier molecular flexibility index (Phi) is 8.24. The molecule has 0 amide bonds. The molecule has 2 aromatic rings. The highest BCUT2D eigenvalue weighted by Crippen LogP contribution is 2.36. The molecular formula is C18H23Cl2NO2. The van der Waals surface area contributed by atoms with Crippen molar-refractivity contribution in [3.8, 4) is 11.5 Å². The van der Waals surface area contributed by atoms with Crippen molar-refractivity contribution in [1.82, 2.24) is 5.32 Å². The number of nitrogens with one attached hydrogen (secondary N) is 1. The van der Waals surface area contributed by atoms with Crippen LogP contribution in [0.1, 0.15) is 23.6 Å². The fourth-order valence-electron chi connectivity index (χ4n) is 2.24. The number of rotatable bonds is 7. The summed E-state index contributed by atoms with van der Waals surface area (Å²) in [5.74, 6) is 1.27. The summed E-state index contributed by atoms with van der Waals surface area (Å²) in [6.45, 7) is 6.14. The molecule has 0 aliphatic carbocycles. The van der Waals surface area contributed by atoms with Crippen molar-refractivity contribution in [3.63, 3.8) is 0 Å². The van der Waals surface area contributed by atoms with Crippen LogP contribution in [-0.2, 0) is 13.1 Å². The number of hydrogen-bond acceptors (Lipinski definition) is 3. The summed E-state index contributed by atoms with van der Waals surface area (Å²) in [6, 6.07) is 12.4. The van der Waals surface area contributed by atoms with Gasteiger partial charge in [0.05, 0.1) is 18.7 Å². The molecule has 0 radical (unpaired) electrons. The molecule has 5 heteroatoms. The maximum atomic E-state index is 6.25. The first-order chi connectivity index (χ1) is 10.6. The number of ether oxygens (including phenoxy) is 2. The summed E-state index contributed by atoms with van der Waals surface area (Å²) < 4.78 is 10.9. The number of benzene rings is 2. The molecule has 0 spiro atoms. The molecule has 0 aliphatic heterocycles. The molecule has 23 heavy (non-hydrogen) atoms. The van der Waals surface area contributed by atoms with Crippen molar-refractivity contribution in [2.75, 3.05) is 13.7 Å². The lowest BCUT2D eigenvalue weighted by molar-refractivity contribution is 0.310. The van der Waals surface area contributed by atoms with Gasteiger partial charge in [-0.1, -0.05) is 41.4 Å². The number of hydrogen-bond donors (Lipinski definition) is 1. The topological polar surface area (TPSA) is 30.5 Å². The van der Waals surface area contributed by atoms with Gasteiger partial charge < -0.3 is 14.8 Å². The van der Waals surface area contributed by atoms with E-state index in [1.54, 1.807) is 7.11 Å². The van der Waals surface area contributed by atoms with E-state index in [4.69, 9.17) is 21.1 Å². The van der Waals surface area contributed by atoms with Crippen LogP contribution in [0.2, 0.25) is 5.02 Å². The SMILES string of the molecule is CCOc1cc(CNCc2ccc(C)cc2)cc(Cl)c1OC.Cl. The van der Waals surface area contributed by atoms with Gasteiger partial charge in [0.1, 0.15) is 0 Å². The maximum Gasteiger partial charge on any atom is 0.179 e. The van der Waals surface area contributed by atoms with Crippen molar-refractivity contribution in [3.05, 3.63) is 58.1 Å². The third kappa shape index (κ3) is 5.61. The normalized spacial score (nSPS) is 10.1. The fraction of sp³-hybridized carbons (Fsp3) is 0.333. The van der Waals surface area contributed by atoms with Crippen molar-refractivity contribution in [2.24, 2.45) is 0 Å². The molecular weight excluding hydrogens is 333 g/mol. The van der Waals surface area contributed by atoms with E-state index in [2.05, 4.69) is 36.5 Å². The van der Waals surface area contributed by atoms with Crippen LogP contribution in [0.5, 0.6) is 11.5 Å². The van der Waals surface area contributed by atoms with Gasteiger partial charge in [0.25, 0.3) is 0 Å². The van der Waals surface area contributed by atoms with Crippen LogP contribution >= 0.6 is 24.0 Å². The molecule has 1 N–H and O–H groups in total. The monoisotopic (exact) mass is 355 g/mol. The van der Waals surface area contributed by atoms with E-state index in [9.17, 15) is 0 Å². The van der Waals surface area contributed by atoms with Crippen molar-refractivity contribution >= 4 is 24.0 Å². The van der Waals surface area contributed by atoms with Crippen LogP contribution in [0.3, 0.4) is 0 Å². The van der Waals surface area contributed by atoms with E-state index < -0.39 is 0 Å². The lowest BCUT2D eigenvalue weighted by Crippen LogP contribution is -2.13. The Morgan fingerprint density at radius 2 is 1.70 bits per heavy atom. The summed E-state index contributed by atoms with van der Waals surface area (Å²) in [7, 11) is 1.60. The first kappa shape index (κ1) is 19.6. The van der Waals surface area contributed by atoms with Crippen LogP contribution in [0.25, 0.3) is 0 Å². The molecule has 0 atom stereocenters. The van der Waals surface area contributed by atoms with E-state index in [0.717, 1.165) is 18.7 Å². The van der Waals surface area contributed by atoms with E-state index in [0.29, 0.717) is 23.1 Å². The molecule has 3 nitrogen and oxygen atoms in total. The average Bonchev–Trinajstić information content (AvgIpc) is 2.49. The van der Waals surface area contributed by atoms with E-state index in [1.165, 1.54) is 11.1 Å². The highest BCUT2D eigenvalue weighted by Gasteiger charge is 2.11. The minimum atomic E-state index is 0. The van der Waals surface area contributed by atoms with Crippen LogP contribution in [-0.4, -0.2) is 13.7 Å². The largest absolute Gasteiger partial charge is 0.491 e. The lowest BCUT2D eigenvalue weighted by atomic mass is 10.1. The molecule has 126 valence electrons. The molecule has 0 saturated heterocycles. The summed E-state index contributed by atoms with van der Waals surface area (Å²) in [6.07, 6.45) is 0. The zero-order valence-electron chi connectivity index (χ0n) is 13.7. The Balaban J connectivity index is 0.00000264. The van der Waals surface area contributed by atoms with Crippen LogP contribution in [0, 0.1) is 6.92 Å². The standard InChI is InChI=1S/C18H22ClNO2.ClH/c1-4-22-17-10-15(9-16(19)18(17)21-3)12-20-11-14-7-5-13(2)6-8-14;/h5-10,20H,4,11-12H2,1-3H3;1H. The maximum absolute atomic E-state index is 6.25. The third-order valence-corrected chi connectivity index (χ3v) is 3.63. The molecule has 0 bridgehead atoms. The van der Waals surface area contributed by atoms with Gasteiger partial charge in [0.15, 0.2) is 11.5 Å². The Hall–Kier alpha value is -1.42. The van der Waals surface area contributed by atoms with Gasteiger partial charge >= 0.3 is 0 Å². The van der Waals surface area contributed by atoms with Crippen LogP contribution in [0.4, 0.5) is 0 Å². The molecule has 0 aliphatic rings. The average molecular weight is 356 g/mol. The first-order valence-corrected chi connectivity index (χ1v) is 7.77. The molecule has 2 aromatic carbocycles. The van der Waals surface area contributed by atoms with Crippen molar-refractivity contribution in [2.45, 2.75) is 26.9 Å². The minimum absolute atomic E-state index is 0. The number of halogens is 2. The second-order valence-electron chi connectivity index (χ2n) is 5.13. The van der Waals surface area contributed by atoms with Gasteiger partial charge in [0, 0.05) is 13.1 Å². The predicted molar refractivity (Wildman–Crippen MR) is 98.1 cm³/mol. The van der Waals surface area contributed by atoms with Gasteiger partial charge in [-0.3, -0.25) is 0 Å².